The van der Waals surface area contributed by atoms with Crippen LogP contribution in [0.4, 0.5) is 10.8 Å². The molecule has 0 aliphatic heterocycles. The van der Waals surface area contributed by atoms with Gasteiger partial charge >= 0.3 is 0 Å². The molecule has 0 spiro atoms. The molecule has 2 aromatic rings. The first-order valence-electron chi connectivity index (χ1n) is 5.73. The van der Waals surface area contributed by atoms with E-state index in [1.807, 2.05) is 38.1 Å². The second-order valence-electron chi connectivity index (χ2n) is 4.02. The fourth-order valence-corrected chi connectivity index (χ4v) is 2.04. The Balaban J connectivity index is 2.01. The van der Waals surface area contributed by atoms with Crippen molar-refractivity contribution in [2.45, 2.75) is 26.5 Å². The molecular formula is C12H16N4OS. The quantitative estimate of drug-likeness (QED) is 0.868. The van der Waals surface area contributed by atoms with Crippen molar-refractivity contribution in [1.29, 1.82) is 0 Å². The number of anilines is 2. The zero-order chi connectivity index (χ0) is 13.0. The fourth-order valence-electron chi connectivity index (χ4n) is 1.40. The highest BCUT2D eigenvalue weighted by Gasteiger charge is 2.03. The number of rotatable bonds is 5. The summed E-state index contributed by atoms with van der Waals surface area (Å²) in [7, 11) is 0. The van der Waals surface area contributed by atoms with E-state index in [0.717, 1.165) is 21.6 Å². The van der Waals surface area contributed by atoms with Crippen LogP contribution >= 0.6 is 11.3 Å². The van der Waals surface area contributed by atoms with Crippen LogP contribution in [0.2, 0.25) is 0 Å². The number of benzene rings is 1. The summed E-state index contributed by atoms with van der Waals surface area (Å²) in [5.41, 5.74) is 6.44. The molecule has 1 heterocycles. The van der Waals surface area contributed by atoms with Crippen molar-refractivity contribution in [3.8, 4) is 5.75 Å². The summed E-state index contributed by atoms with van der Waals surface area (Å²) in [5.74, 6) is 0.857. The van der Waals surface area contributed by atoms with Gasteiger partial charge in [-0.2, -0.15) is 0 Å². The van der Waals surface area contributed by atoms with Crippen molar-refractivity contribution in [3.05, 3.63) is 29.3 Å². The summed E-state index contributed by atoms with van der Waals surface area (Å²) in [5, 5.41) is 12.7. The van der Waals surface area contributed by atoms with Crippen LogP contribution in [0.5, 0.6) is 5.75 Å². The molecule has 0 radical (unpaired) electrons. The number of hydrogen-bond donors (Lipinski definition) is 2. The smallest absolute Gasteiger partial charge is 0.210 e. The van der Waals surface area contributed by atoms with E-state index in [2.05, 4.69) is 15.5 Å². The minimum atomic E-state index is 0.180. The Morgan fingerprint density at radius 3 is 2.56 bits per heavy atom. The summed E-state index contributed by atoms with van der Waals surface area (Å²) in [6.07, 6.45) is 0.180. The molecule has 18 heavy (non-hydrogen) atoms. The summed E-state index contributed by atoms with van der Waals surface area (Å²) in [6.45, 7) is 4.42. The lowest BCUT2D eigenvalue weighted by atomic mass is 10.3. The van der Waals surface area contributed by atoms with Gasteiger partial charge in [0.05, 0.1) is 6.10 Å². The Labute approximate surface area is 110 Å². The van der Waals surface area contributed by atoms with Crippen LogP contribution in [0.25, 0.3) is 0 Å². The maximum Gasteiger partial charge on any atom is 0.210 e. The van der Waals surface area contributed by atoms with Crippen LogP contribution in [-0.2, 0) is 6.54 Å². The lowest BCUT2D eigenvalue weighted by molar-refractivity contribution is 0.242. The third-order valence-electron chi connectivity index (χ3n) is 2.12. The molecule has 1 aromatic carbocycles. The minimum absolute atomic E-state index is 0.180. The predicted octanol–water partition coefficient (Wildman–Crippen LogP) is 2.53. The average molecular weight is 264 g/mol. The largest absolute Gasteiger partial charge is 0.491 e. The van der Waals surface area contributed by atoms with Gasteiger partial charge in [-0.3, -0.25) is 0 Å². The van der Waals surface area contributed by atoms with E-state index in [9.17, 15) is 0 Å². The molecule has 0 unspecified atom stereocenters. The Morgan fingerprint density at radius 1 is 1.28 bits per heavy atom. The molecule has 0 amide bonds. The summed E-state index contributed by atoms with van der Waals surface area (Å²) in [4.78, 5) is 0. The molecule has 96 valence electrons. The molecule has 0 atom stereocenters. The monoisotopic (exact) mass is 264 g/mol. The minimum Gasteiger partial charge on any atom is -0.491 e. The van der Waals surface area contributed by atoms with Gasteiger partial charge < -0.3 is 15.8 Å². The zero-order valence-electron chi connectivity index (χ0n) is 10.4. The number of nitrogens with zero attached hydrogens (tertiary/aromatic N) is 2. The third-order valence-corrected chi connectivity index (χ3v) is 2.98. The van der Waals surface area contributed by atoms with E-state index >= 15 is 0 Å². The highest BCUT2D eigenvalue weighted by atomic mass is 32.1. The van der Waals surface area contributed by atoms with E-state index in [0.29, 0.717) is 6.54 Å². The fraction of sp³-hybridized carbons (Fsp3) is 0.333. The van der Waals surface area contributed by atoms with Gasteiger partial charge in [-0.05, 0) is 38.1 Å². The normalized spacial score (nSPS) is 10.7. The summed E-state index contributed by atoms with van der Waals surface area (Å²) >= 11 is 1.45. The molecule has 0 saturated carbocycles. The highest BCUT2D eigenvalue weighted by Crippen LogP contribution is 2.22. The van der Waals surface area contributed by atoms with E-state index in [4.69, 9.17) is 10.5 Å². The van der Waals surface area contributed by atoms with E-state index in [1.54, 1.807) is 0 Å². The van der Waals surface area contributed by atoms with Crippen molar-refractivity contribution in [1.82, 2.24) is 10.2 Å². The van der Waals surface area contributed by atoms with Crippen LogP contribution in [0, 0.1) is 0 Å². The third kappa shape index (κ3) is 3.41. The summed E-state index contributed by atoms with van der Waals surface area (Å²) in [6, 6.07) is 7.74. The zero-order valence-corrected chi connectivity index (χ0v) is 11.2. The van der Waals surface area contributed by atoms with Crippen LogP contribution < -0.4 is 15.8 Å². The van der Waals surface area contributed by atoms with E-state index in [-0.39, 0.29) is 6.10 Å². The second kappa shape index (κ2) is 5.79. The van der Waals surface area contributed by atoms with Gasteiger partial charge in [-0.1, -0.05) is 11.3 Å². The Kier molecular flexibility index (Phi) is 4.11. The molecule has 0 fully saturated rings. The van der Waals surface area contributed by atoms with Crippen molar-refractivity contribution >= 4 is 22.2 Å². The molecule has 0 bridgehead atoms. The molecule has 5 nitrogen and oxygen atoms in total. The predicted molar refractivity (Wildman–Crippen MR) is 73.3 cm³/mol. The maximum atomic E-state index is 5.57. The number of nitrogens with one attached hydrogen (secondary N) is 1. The Morgan fingerprint density at radius 2 is 2.00 bits per heavy atom. The van der Waals surface area contributed by atoms with Gasteiger partial charge in [0.1, 0.15) is 10.8 Å². The Bertz CT molecular complexity index is 495. The Hall–Kier alpha value is -1.66. The van der Waals surface area contributed by atoms with Gasteiger partial charge in [0, 0.05) is 12.2 Å². The van der Waals surface area contributed by atoms with Crippen LogP contribution in [0.1, 0.15) is 18.9 Å². The molecule has 3 N–H and O–H groups in total. The molecular weight excluding hydrogens is 248 g/mol. The van der Waals surface area contributed by atoms with Gasteiger partial charge in [0.15, 0.2) is 0 Å². The summed E-state index contributed by atoms with van der Waals surface area (Å²) < 4.78 is 5.57. The molecule has 0 aliphatic carbocycles. The first kappa shape index (κ1) is 12.8. The molecule has 1 aromatic heterocycles. The topological polar surface area (TPSA) is 73.1 Å². The second-order valence-corrected chi connectivity index (χ2v) is 5.08. The van der Waals surface area contributed by atoms with Crippen molar-refractivity contribution in [2.24, 2.45) is 5.73 Å². The lowest BCUT2D eigenvalue weighted by Gasteiger charge is -2.10. The lowest BCUT2D eigenvalue weighted by Crippen LogP contribution is -2.05. The van der Waals surface area contributed by atoms with Gasteiger partial charge in [-0.15, -0.1) is 10.2 Å². The first-order valence-corrected chi connectivity index (χ1v) is 6.55. The van der Waals surface area contributed by atoms with Gasteiger partial charge in [-0.25, -0.2) is 0 Å². The van der Waals surface area contributed by atoms with E-state index < -0.39 is 0 Å². The number of aromatic nitrogens is 2. The van der Waals surface area contributed by atoms with Crippen molar-refractivity contribution < 1.29 is 4.74 Å². The van der Waals surface area contributed by atoms with Crippen molar-refractivity contribution in [3.63, 3.8) is 0 Å². The number of nitrogens with two attached hydrogens (primary N) is 1. The van der Waals surface area contributed by atoms with Crippen LogP contribution in [0.3, 0.4) is 0 Å². The highest BCUT2D eigenvalue weighted by molar-refractivity contribution is 7.15. The van der Waals surface area contributed by atoms with Crippen LogP contribution in [0.15, 0.2) is 24.3 Å². The molecule has 2 rings (SSSR count). The van der Waals surface area contributed by atoms with Gasteiger partial charge in [0.25, 0.3) is 0 Å². The van der Waals surface area contributed by atoms with Crippen molar-refractivity contribution in [2.75, 3.05) is 5.32 Å². The first-order chi connectivity index (χ1) is 8.67. The molecule has 0 aliphatic rings. The van der Waals surface area contributed by atoms with Crippen LogP contribution in [-0.4, -0.2) is 16.3 Å². The van der Waals surface area contributed by atoms with E-state index in [1.165, 1.54) is 11.3 Å². The number of ether oxygens (including phenoxy) is 1. The number of hydrogen-bond acceptors (Lipinski definition) is 6. The van der Waals surface area contributed by atoms with Gasteiger partial charge in [0.2, 0.25) is 5.13 Å². The standard InChI is InChI=1S/C12H16N4OS/c1-8(2)17-10-5-3-9(4-6-10)14-12-16-15-11(7-13)18-12/h3-6,8H,7,13H2,1-2H3,(H,14,16). The average Bonchev–Trinajstić information content (AvgIpc) is 2.79. The SMILES string of the molecule is CC(C)Oc1ccc(Nc2nnc(CN)s2)cc1. The molecule has 0 saturated heterocycles. The maximum absolute atomic E-state index is 5.57. The molecule has 6 heteroatoms.